The Morgan fingerprint density at radius 3 is 2.09 bits per heavy atom. The highest BCUT2D eigenvalue weighted by molar-refractivity contribution is 6.30. The van der Waals surface area contributed by atoms with E-state index >= 15 is 0 Å². The lowest BCUT2D eigenvalue weighted by Crippen LogP contribution is -2.46. The van der Waals surface area contributed by atoms with Crippen LogP contribution in [0.25, 0.3) is 21.9 Å². The minimum absolute atomic E-state index is 0.596. The standard InChI is InChI=1S/C28H24ClN2O/c29-26-9-7-22(8-10-26)28-18-24-4-2-1-3-23(24)17-25(28)19-30-13-15-31(16-14-30)27-11-5-21(20-32)6-12-27/h1-12,17-18H,13-16,19H2. The van der Waals surface area contributed by atoms with Gasteiger partial charge in [-0.05, 0) is 76.0 Å². The van der Waals surface area contributed by atoms with Crippen molar-refractivity contribution in [3.8, 4) is 11.1 Å². The molecule has 1 radical (unpaired) electrons. The molecule has 1 saturated heterocycles. The van der Waals surface area contributed by atoms with Crippen molar-refractivity contribution in [3.05, 3.63) is 101 Å². The molecule has 159 valence electrons. The van der Waals surface area contributed by atoms with Gasteiger partial charge in [-0.2, -0.15) is 0 Å². The molecule has 1 heterocycles. The maximum atomic E-state index is 10.8. The van der Waals surface area contributed by atoms with E-state index in [0.29, 0.717) is 5.56 Å². The minimum atomic E-state index is 0.596. The molecule has 0 atom stereocenters. The molecule has 0 aromatic heterocycles. The summed E-state index contributed by atoms with van der Waals surface area (Å²) in [6, 6.07) is 29.0. The number of piperazine rings is 1. The van der Waals surface area contributed by atoms with Crippen molar-refractivity contribution in [1.29, 1.82) is 0 Å². The monoisotopic (exact) mass is 439 g/mol. The molecule has 0 N–H and O–H groups in total. The molecule has 0 amide bonds. The first-order chi connectivity index (χ1) is 15.7. The predicted molar refractivity (Wildman–Crippen MR) is 133 cm³/mol. The molecule has 5 rings (SSSR count). The van der Waals surface area contributed by atoms with Crippen LogP contribution in [0.15, 0.2) is 84.9 Å². The summed E-state index contributed by atoms with van der Waals surface area (Å²) in [5, 5.41) is 3.28. The van der Waals surface area contributed by atoms with Crippen molar-refractivity contribution < 1.29 is 4.79 Å². The minimum Gasteiger partial charge on any atom is -0.369 e. The van der Waals surface area contributed by atoms with Crippen molar-refractivity contribution in [2.75, 3.05) is 31.1 Å². The molecule has 3 nitrogen and oxygen atoms in total. The van der Waals surface area contributed by atoms with Gasteiger partial charge in [-0.15, -0.1) is 0 Å². The number of anilines is 1. The summed E-state index contributed by atoms with van der Waals surface area (Å²) >= 11 is 6.14. The molecular formula is C28H24ClN2O. The Hall–Kier alpha value is -3.14. The second-order valence-electron chi connectivity index (χ2n) is 8.28. The summed E-state index contributed by atoms with van der Waals surface area (Å²) in [4.78, 5) is 15.7. The normalized spacial score (nSPS) is 14.6. The zero-order chi connectivity index (χ0) is 21.9. The van der Waals surface area contributed by atoms with E-state index in [4.69, 9.17) is 11.6 Å². The van der Waals surface area contributed by atoms with Crippen molar-refractivity contribution in [2.45, 2.75) is 6.54 Å². The van der Waals surface area contributed by atoms with Gasteiger partial charge < -0.3 is 4.90 Å². The van der Waals surface area contributed by atoms with E-state index in [-0.39, 0.29) is 0 Å². The molecule has 0 aliphatic carbocycles. The van der Waals surface area contributed by atoms with Crippen LogP contribution in [0.5, 0.6) is 0 Å². The Morgan fingerprint density at radius 1 is 0.781 bits per heavy atom. The third kappa shape index (κ3) is 4.40. The summed E-state index contributed by atoms with van der Waals surface area (Å²) in [7, 11) is 0. The average molecular weight is 440 g/mol. The molecule has 1 fully saturated rings. The highest BCUT2D eigenvalue weighted by atomic mass is 35.5. The molecule has 1 aliphatic heterocycles. The van der Waals surface area contributed by atoms with E-state index in [9.17, 15) is 4.79 Å². The summed E-state index contributed by atoms with van der Waals surface area (Å²) in [6.45, 7) is 4.83. The van der Waals surface area contributed by atoms with Gasteiger partial charge in [0.05, 0.1) is 0 Å². The molecule has 4 aromatic rings. The summed E-state index contributed by atoms with van der Waals surface area (Å²) in [5.74, 6) is 0. The van der Waals surface area contributed by atoms with Crippen LogP contribution >= 0.6 is 11.6 Å². The molecular weight excluding hydrogens is 416 g/mol. The first kappa shape index (κ1) is 20.7. The van der Waals surface area contributed by atoms with Gasteiger partial charge in [0.2, 0.25) is 6.29 Å². The Balaban J connectivity index is 1.37. The first-order valence-corrected chi connectivity index (χ1v) is 11.3. The lowest BCUT2D eigenvalue weighted by molar-refractivity contribution is 0.250. The number of fused-ring (bicyclic) bond motifs is 1. The lowest BCUT2D eigenvalue weighted by Gasteiger charge is -2.36. The van der Waals surface area contributed by atoms with Gasteiger partial charge in [0.25, 0.3) is 0 Å². The van der Waals surface area contributed by atoms with Crippen LogP contribution in [-0.2, 0) is 11.3 Å². The van der Waals surface area contributed by atoms with Crippen molar-refractivity contribution >= 4 is 34.3 Å². The fraction of sp³-hybridized carbons (Fsp3) is 0.179. The van der Waals surface area contributed by atoms with Crippen LogP contribution in [0, 0.1) is 0 Å². The van der Waals surface area contributed by atoms with Gasteiger partial charge in [0.1, 0.15) is 0 Å². The smallest absolute Gasteiger partial charge is 0.233 e. The number of nitrogens with zero attached hydrogens (tertiary/aromatic N) is 2. The topological polar surface area (TPSA) is 23.6 Å². The molecule has 0 saturated carbocycles. The molecule has 4 heteroatoms. The Morgan fingerprint density at radius 2 is 1.44 bits per heavy atom. The van der Waals surface area contributed by atoms with Crippen LogP contribution in [0.1, 0.15) is 11.1 Å². The van der Waals surface area contributed by atoms with Gasteiger partial charge in [-0.25, -0.2) is 0 Å². The van der Waals surface area contributed by atoms with E-state index < -0.39 is 0 Å². The van der Waals surface area contributed by atoms with Crippen molar-refractivity contribution in [1.82, 2.24) is 4.90 Å². The fourth-order valence-corrected chi connectivity index (χ4v) is 4.59. The number of benzene rings is 4. The largest absolute Gasteiger partial charge is 0.369 e. The summed E-state index contributed by atoms with van der Waals surface area (Å²) in [5.41, 5.74) is 5.56. The fourth-order valence-electron chi connectivity index (χ4n) is 4.46. The maximum Gasteiger partial charge on any atom is 0.233 e. The highest BCUT2D eigenvalue weighted by Crippen LogP contribution is 2.31. The quantitative estimate of drug-likeness (QED) is 0.384. The number of halogens is 1. The Labute approximate surface area is 193 Å². The van der Waals surface area contributed by atoms with Crippen LogP contribution in [0.2, 0.25) is 5.02 Å². The van der Waals surface area contributed by atoms with Gasteiger partial charge in [-0.1, -0.05) is 48.0 Å². The zero-order valence-electron chi connectivity index (χ0n) is 17.8. The van der Waals surface area contributed by atoms with Crippen molar-refractivity contribution in [3.63, 3.8) is 0 Å². The maximum absolute atomic E-state index is 10.8. The number of rotatable bonds is 5. The van der Waals surface area contributed by atoms with E-state index in [1.165, 1.54) is 27.5 Å². The van der Waals surface area contributed by atoms with Crippen LogP contribution < -0.4 is 4.90 Å². The number of hydrogen-bond donors (Lipinski definition) is 0. The van der Waals surface area contributed by atoms with Gasteiger partial charge in [0, 0.05) is 49.0 Å². The average Bonchev–Trinajstić information content (AvgIpc) is 2.85. The molecule has 0 bridgehead atoms. The Kier molecular flexibility index (Phi) is 5.93. The van der Waals surface area contributed by atoms with Gasteiger partial charge in [0.15, 0.2) is 0 Å². The molecule has 0 unspecified atom stereocenters. The van der Waals surface area contributed by atoms with E-state index in [1.807, 2.05) is 42.7 Å². The van der Waals surface area contributed by atoms with Crippen LogP contribution in [0.4, 0.5) is 5.69 Å². The lowest BCUT2D eigenvalue weighted by atomic mass is 9.95. The van der Waals surface area contributed by atoms with Gasteiger partial charge >= 0.3 is 0 Å². The SMILES string of the molecule is O=[C]c1ccc(N2CCN(Cc3cc4ccccc4cc3-c3ccc(Cl)cc3)CC2)cc1. The number of hydrogen-bond acceptors (Lipinski definition) is 3. The van der Waals surface area contributed by atoms with E-state index in [2.05, 4.69) is 58.3 Å². The first-order valence-electron chi connectivity index (χ1n) is 10.9. The third-order valence-corrected chi connectivity index (χ3v) is 6.50. The van der Waals surface area contributed by atoms with Crippen LogP contribution in [-0.4, -0.2) is 37.4 Å². The zero-order valence-corrected chi connectivity index (χ0v) is 18.6. The second-order valence-corrected chi connectivity index (χ2v) is 8.71. The van der Waals surface area contributed by atoms with Gasteiger partial charge in [-0.3, -0.25) is 9.69 Å². The molecule has 32 heavy (non-hydrogen) atoms. The predicted octanol–water partition coefficient (Wildman–Crippen LogP) is 5.94. The molecule has 1 aliphatic rings. The second kappa shape index (κ2) is 9.15. The highest BCUT2D eigenvalue weighted by Gasteiger charge is 2.19. The van der Waals surface area contributed by atoms with E-state index in [0.717, 1.165) is 43.4 Å². The third-order valence-electron chi connectivity index (χ3n) is 6.24. The van der Waals surface area contributed by atoms with Crippen molar-refractivity contribution in [2.24, 2.45) is 0 Å². The Bertz CT molecular complexity index is 1230. The molecule has 0 spiro atoms. The molecule has 4 aromatic carbocycles. The van der Waals surface area contributed by atoms with E-state index in [1.54, 1.807) is 0 Å². The summed E-state index contributed by atoms with van der Waals surface area (Å²) in [6.07, 6.45) is 1.94. The van der Waals surface area contributed by atoms with Crippen LogP contribution in [0.3, 0.4) is 0 Å². The number of carbonyl (C=O) groups excluding carboxylic acids is 1. The summed E-state index contributed by atoms with van der Waals surface area (Å²) < 4.78 is 0.